The Bertz CT molecular complexity index is 237. The summed E-state index contributed by atoms with van der Waals surface area (Å²) in [4.78, 5) is 13.4. The zero-order chi connectivity index (χ0) is 11.6. The molecule has 0 spiro atoms. The second-order valence-corrected chi connectivity index (χ2v) is 5.02. The highest BCUT2D eigenvalue weighted by Crippen LogP contribution is 2.19. The molecule has 15 heavy (non-hydrogen) atoms. The molecule has 0 aromatic carbocycles. The topological polar surface area (TPSA) is 81.6 Å². The van der Waals surface area contributed by atoms with Crippen LogP contribution in [-0.4, -0.2) is 41.8 Å². The highest BCUT2D eigenvalue weighted by atomic mass is 16.6. The van der Waals surface area contributed by atoms with E-state index < -0.39 is 5.60 Å². The van der Waals surface area contributed by atoms with Gasteiger partial charge in [-0.3, -0.25) is 0 Å². The number of carbonyl (C=O) groups is 1. The van der Waals surface area contributed by atoms with Crippen LogP contribution in [0.1, 0.15) is 27.2 Å². The number of amides is 1. The number of hydrogen-bond acceptors (Lipinski definition) is 4. The molecule has 1 aliphatic rings. The standard InChI is InChI=1S/C10H21N3O2/c1-10(2,3)15-9(14)13-6-7(12)4-8(13)5-11/h7-8H,4-6,11-12H2,1-3H3/t7-,8+/m0/s1. The first-order chi connectivity index (χ1) is 6.83. The maximum Gasteiger partial charge on any atom is 0.410 e. The third-order valence-electron chi connectivity index (χ3n) is 2.35. The van der Waals surface area contributed by atoms with Crippen LogP contribution in [0.15, 0.2) is 0 Å². The van der Waals surface area contributed by atoms with Crippen LogP contribution in [0, 0.1) is 0 Å². The molecule has 1 fully saturated rings. The summed E-state index contributed by atoms with van der Waals surface area (Å²) in [6.07, 6.45) is 0.446. The lowest BCUT2D eigenvalue weighted by Crippen LogP contribution is -2.43. The van der Waals surface area contributed by atoms with Crippen molar-refractivity contribution >= 4 is 6.09 Å². The first kappa shape index (κ1) is 12.3. The second kappa shape index (κ2) is 4.37. The van der Waals surface area contributed by atoms with E-state index in [9.17, 15) is 4.79 Å². The van der Waals surface area contributed by atoms with Crippen LogP contribution >= 0.6 is 0 Å². The Morgan fingerprint density at radius 2 is 2.13 bits per heavy atom. The lowest BCUT2D eigenvalue weighted by Gasteiger charge is -2.27. The number of hydrogen-bond donors (Lipinski definition) is 2. The summed E-state index contributed by atoms with van der Waals surface area (Å²) < 4.78 is 5.28. The van der Waals surface area contributed by atoms with E-state index in [1.54, 1.807) is 4.90 Å². The summed E-state index contributed by atoms with van der Waals surface area (Å²) in [6, 6.07) is 0.0425. The van der Waals surface area contributed by atoms with Gasteiger partial charge < -0.3 is 21.1 Å². The molecular formula is C10H21N3O2. The van der Waals surface area contributed by atoms with Gasteiger partial charge in [-0.15, -0.1) is 0 Å². The van der Waals surface area contributed by atoms with Gasteiger partial charge in [0.15, 0.2) is 0 Å². The maximum absolute atomic E-state index is 11.8. The molecule has 0 radical (unpaired) electrons. The summed E-state index contributed by atoms with van der Waals surface area (Å²) in [5, 5.41) is 0. The zero-order valence-electron chi connectivity index (χ0n) is 9.69. The molecule has 1 saturated heterocycles. The zero-order valence-corrected chi connectivity index (χ0v) is 9.69. The molecule has 0 bridgehead atoms. The van der Waals surface area contributed by atoms with Gasteiger partial charge in [0, 0.05) is 25.2 Å². The third-order valence-corrected chi connectivity index (χ3v) is 2.35. The van der Waals surface area contributed by atoms with Crippen LogP contribution in [0.2, 0.25) is 0 Å². The quantitative estimate of drug-likeness (QED) is 0.658. The SMILES string of the molecule is CC(C)(C)OC(=O)N1C[C@@H](N)C[C@@H]1CN. The van der Waals surface area contributed by atoms with E-state index in [-0.39, 0.29) is 18.2 Å². The maximum atomic E-state index is 11.8. The molecule has 0 aromatic rings. The van der Waals surface area contributed by atoms with Gasteiger partial charge in [0.1, 0.15) is 5.60 Å². The van der Waals surface area contributed by atoms with Crippen molar-refractivity contribution in [1.82, 2.24) is 4.90 Å². The van der Waals surface area contributed by atoms with Gasteiger partial charge in [0.2, 0.25) is 0 Å². The minimum Gasteiger partial charge on any atom is -0.444 e. The van der Waals surface area contributed by atoms with E-state index in [2.05, 4.69) is 0 Å². The monoisotopic (exact) mass is 215 g/mol. The lowest BCUT2D eigenvalue weighted by atomic mass is 10.2. The highest BCUT2D eigenvalue weighted by Gasteiger charge is 2.34. The summed E-state index contributed by atoms with van der Waals surface area (Å²) in [5.74, 6) is 0. The van der Waals surface area contributed by atoms with Crippen LogP contribution in [0.3, 0.4) is 0 Å². The van der Waals surface area contributed by atoms with Crippen molar-refractivity contribution in [2.24, 2.45) is 11.5 Å². The molecular weight excluding hydrogens is 194 g/mol. The van der Waals surface area contributed by atoms with E-state index in [0.717, 1.165) is 6.42 Å². The summed E-state index contributed by atoms with van der Waals surface area (Å²) in [5.41, 5.74) is 10.9. The molecule has 88 valence electrons. The van der Waals surface area contributed by atoms with Crippen LogP contribution < -0.4 is 11.5 Å². The van der Waals surface area contributed by atoms with Gasteiger partial charge in [0.05, 0.1) is 0 Å². The second-order valence-electron chi connectivity index (χ2n) is 5.02. The molecule has 0 aliphatic carbocycles. The average Bonchev–Trinajstić information content (AvgIpc) is 2.43. The summed E-state index contributed by atoms with van der Waals surface area (Å²) in [6.45, 7) is 6.51. The van der Waals surface area contributed by atoms with Crippen LogP contribution in [0.25, 0.3) is 0 Å². The number of likely N-dealkylation sites (tertiary alicyclic amines) is 1. The molecule has 0 aromatic heterocycles. The van der Waals surface area contributed by atoms with Crippen LogP contribution in [0.4, 0.5) is 4.79 Å². The van der Waals surface area contributed by atoms with Crippen molar-refractivity contribution in [3.05, 3.63) is 0 Å². The number of rotatable bonds is 1. The lowest BCUT2D eigenvalue weighted by molar-refractivity contribution is 0.0230. The first-order valence-corrected chi connectivity index (χ1v) is 5.28. The molecule has 2 atom stereocenters. The normalized spacial score (nSPS) is 26.9. The molecule has 4 N–H and O–H groups in total. The van der Waals surface area contributed by atoms with E-state index in [1.165, 1.54) is 0 Å². The molecule has 5 nitrogen and oxygen atoms in total. The van der Waals surface area contributed by atoms with E-state index in [0.29, 0.717) is 13.1 Å². The summed E-state index contributed by atoms with van der Waals surface area (Å²) >= 11 is 0. The molecule has 1 heterocycles. The van der Waals surface area contributed by atoms with E-state index in [4.69, 9.17) is 16.2 Å². The number of nitrogens with zero attached hydrogens (tertiary/aromatic N) is 1. The Labute approximate surface area is 90.7 Å². The van der Waals surface area contributed by atoms with Gasteiger partial charge in [-0.25, -0.2) is 4.79 Å². The minimum absolute atomic E-state index is 0.0195. The molecule has 5 heteroatoms. The van der Waals surface area contributed by atoms with Crippen molar-refractivity contribution in [3.8, 4) is 0 Å². The predicted octanol–water partition coefficient (Wildman–Crippen LogP) is 0.282. The average molecular weight is 215 g/mol. The number of carbonyl (C=O) groups excluding carboxylic acids is 1. The Morgan fingerprint density at radius 1 is 1.53 bits per heavy atom. The van der Waals surface area contributed by atoms with Gasteiger partial charge >= 0.3 is 6.09 Å². The Morgan fingerprint density at radius 3 is 2.60 bits per heavy atom. The van der Waals surface area contributed by atoms with Crippen molar-refractivity contribution in [2.75, 3.05) is 13.1 Å². The smallest absolute Gasteiger partial charge is 0.410 e. The van der Waals surface area contributed by atoms with Gasteiger partial charge in [-0.2, -0.15) is 0 Å². The van der Waals surface area contributed by atoms with Crippen LogP contribution in [0.5, 0.6) is 0 Å². The fourth-order valence-corrected chi connectivity index (χ4v) is 1.72. The molecule has 1 rings (SSSR count). The van der Waals surface area contributed by atoms with Crippen molar-refractivity contribution in [2.45, 2.75) is 44.9 Å². The first-order valence-electron chi connectivity index (χ1n) is 5.28. The van der Waals surface area contributed by atoms with Crippen molar-refractivity contribution in [3.63, 3.8) is 0 Å². The van der Waals surface area contributed by atoms with Gasteiger partial charge in [-0.05, 0) is 27.2 Å². The summed E-state index contributed by atoms with van der Waals surface area (Å²) in [7, 11) is 0. The van der Waals surface area contributed by atoms with E-state index in [1.807, 2.05) is 20.8 Å². The predicted molar refractivity (Wildman–Crippen MR) is 58.4 cm³/mol. The van der Waals surface area contributed by atoms with Crippen molar-refractivity contribution in [1.29, 1.82) is 0 Å². The molecule has 0 saturated carbocycles. The van der Waals surface area contributed by atoms with Gasteiger partial charge in [-0.1, -0.05) is 0 Å². The Kier molecular flexibility index (Phi) is 3.57. The molecule has 0 unspecified atom stereocenters. The third kappa shape index (κ3) is 3.35. The van der Waals surface area contributed by atoms with Crippen molar-refractivity contribution < 1.29 is 9.53 Å². The molecule has 1 aliphatic heterocycles. The number of nitrogens with two attached hydrogens (primary N) is 2. The van der Waals surface area contributed by atoms with Crippen LogP contribution in [-0.2, 0) is 4.74 Å². The fraction of sp³-hybridized carbons (Fsp3) is 0.900. The highest BCUT2D eigenvalue weighted by molar-refractivity contribution is 5.69. The van der Waals surface area contributed by atoms with E-state index >= 15 is 0 Å². The van der Waals surface area contributed by atoms with Gasteiger partial charge in [0.25, 0.3) is 0 Å². The molecule has 1 amide bonds. The largest absolute Gasteiger partial charge is 0.444 e. The number of ether oxygens (including phenoxy) is 1. The Balaban J connectivity index is 2.59. The fourth-order valence-electron chi connectivity index (χ4n) is 1.72. The Hall–Kier alpha value is -0.810. The minimum atomic E-state index is -0.469.